The summed E-state index contributed by atoms with van der Waals surface area (Å²) in [6, 6.07) is 5.24. The minimum Gasteiger partial charge on any atom is -0.494 e. The van der Waals surface area contributed by atoms with Gasteiger partial charge >= 0.3 is 0 Å². The van der Waals surface area contributed by atoms with Crippen molar-refractivity contribution in [3.8, 4) is 17.2 Å². The summed E-state index contributed by atoms with van der Waals surface area (Å²) in [4.78, 5) is 8.65. The molecule has 1 saturated carbocycles. The Bertz CT molecular complexity index is 1360. The molecule has 0 aliphatic heterocycles. The monoisotopic (exact) mass is 560 g/mol. The lowest BCUT2D eigenvalue weighted by Crippen LogP contribution is -2.40. The van der Waals surface area contributed by atoms with E-state index in [0.717, 1.165) is 5.56 Å². The molecule has 4 rings (SSSR count). The van der Waals surface area contributed by atoms with Crippen LogP contribution >= 0.6 is 0 Å². The van der Waals surface area contributed by atoms with E-state index >= 15 is 0 Å². The zero-order chi connectivity index (χ0) is 28.4. The largest absolute Gasteiger partial charge is 0.494 e. The quantitative estimate of drug-likeness (QED) is 0.338. The number of rotatable bonds is 12. The molecule has 12 nitrogen and oxygen atoms in total. The van der Waals surface area contributed by atoms with E-state index < -0.39 is 27.0 Å². The molecule has 39 heavy (non-hydrogen) atoms. The minimum atomic E-state index is -4.10. The van der Waals surface area contributed by atoms with E-state index in [0.29, 0.717) is 48.9 Å². The number of sulfonamides is 1. The van der Waals surface area contributed by atoms with Gasteiger partial charge in [0.1, 0.15) is 34.4 Å². The topological polar surface area (TPSA) is 151 Å². The van der Waals surface area contributed by atoms with Crippen molar-refractivity contribution in [1.82, 2.24) is 24.7 Å². The number of ether oxygens (including phenoxy) is 3. The van der Waals surface area contributed by atoms with E-state index in [1.807, 2.05) is 13.8 Å². The third-order valence-electron chi connectivity index (χ3n) is 6.76. The maximum absolute atomic E-state index is 13.8. The molecule has 0 unspecified atom stereocenters. The number of hydrogen-bond donors (Lipinski definition) is 2. The lowest BCUT2D eigenvalue weighted by atomic mass is 9.72. The van der Waals surface area contributed by atoms with Crippen LogP contribution in [0.4, 0.5) is 5.95 Å². The molecular weight excluding hydrogens is 524 g/mol. The van der Waals surface area contributed by atoms with Crippen molar-refractivity contribution in [2.75, 3.05) is 25.5 Å². The Labute approximate surface area is 228 Å². The van der Waals surface area contributed by atoms with Crippen molar-refractivity contribution in [1.29, 1.82) is 0 Å². The molecule has 212 valence electrons. The first kappa shape index (κ1) is 28.7. The summed E-state index contributed by atoms with van der Waals surface area (Å²) >= 11 is 0. The van der Waals surface area contributed by atoms with Gasteiger partial charge < -0.3 is 19.3 Å². The van der Waals surface area contributed by atoms with Crippen LogP contribution in [0.5, 0.6) is 11.5 Å². The van der Waals surface area contributed by atoms with Gasteiger partial charge in [0.15, 0.2) is 5.82 Å². The minimum absolute atomic E-state index is 0.0368. The normalized spacial score (nSPS) is 20.6. The lowest BCUT2D eigenvalue weighted by molar-refractivity contribution is -0.0338. The van der Waals surface area contributed by atoms with Crippen molar-refractivity contribution in [3.05, 3.63) is 47.8 Å². The molecule has 1 aliphatic rings. The molecule has 0 radical (unpaired) electrons. The van der Waals surface area contributed by atoms with Gasteiger partial charge in [-0.15, -0.1) is 10.2 Å². The Morgan fingerprint density at radius 1 is 1.15 bits per heavy atom. The summed E-state index contributed by atoms with van der Waals surface area (Å²) in [6.07, 6.45) is 3.93. The average Bonchev–Trinajstić information content (AvgIpc) is 3.29. The van der Waals surface area contributed by atoms with Gasteiger partial charge in [0.2, 0.25) is 16.0 Å². The van der Waals surface area contributed by atoms with Crippen molar-refractivity contribution >= 4 is 16.0 Å². The molecule has 2 N–H and O–H groups in total. The van der Waals surface area contributed by atoms with Gasteiger partial charge in [-0.3, -0.25) is 9.29 Å². The van der Waals surface area contributed by atoms with E-state index in [1.165, 1.54) is 14.2 Å². The van der Waals surface area contributed by atoms with Crippen LogP contribution in [0.15, 0.2) is 30.6 Å². The van der Waals surface area contributed by atoms with E-state index in [-0.39, 0.29) is 17.7 Å². The van der Waals surface area contributed by atoms with Crippen molar-refractivity contribution in [2.24, 2.45) is 0 Å². The molecule has 0 spiro atoms. The standard InChI is InChI=1S/C26H36N6O6S/c1-7-11-38-22(23-27-14-16(2)15-28-23)17(3)39(34,35)31-25-30-29-24(18-12-26(4,33)13-18)32(25)21-19(36-5)9-8-10-20(21)37-6/h8-10,14-15,17-18,22,33H,7,11-13H2,1-6H3,(H,30,31)/t17-,18?,22+,26?/m0/s1. The fraction of sp³-hybridized carbons (Fsp3) is 0.538. The van der Waals surface area contributed by atoms with E-state index in [1.54, 1.807) is 49.0 Å². The Hall–Kier alpha value is -3.29. The molecule has 0 bridgehead atoms. The molecule has 0 amide bonds. The molecule has 13 heteroatoms. The van der Waals surface area contributed by atoms with E-state index in [2.05, 4.69) is 24.9 Å². The second-order valence-corrected chi connectivity index (χ2v) is 12.1. The first-order valence-electron chi connectivity index (χ1n) is 12.8. The number of anilines is 1. The van der Waals surface area contributed by atoms with Gasteiger partial charge in [0.25, 0.3) is 0 Å². The molecule has 3 aromatic rings. The highest BCUT2D eigenvalue weighted by Crippen LogP contribution is 2.46. The number of hydrogen-bond acceptors (Lipinski definition) is 10. The fourth-order valence-electron chi connectivity index (χ4n) is 4.68. The van der Waals surface area contributed by atoms with Crippen LogP contribution in [-0.2, 0) is 14.8 Å². The van der Waals surface area contributed by atoms with E-state index in [4.69, 9.17) is 14.2 Å². The molecule has 1 fully saturated rings. The van der Waals surface area contributed by atoms with Crippen molar-refractivity contribution in [2.45, 2.75) is 69.8 Å². The second kappa shape index (κ2) is 11.4. The highest BCUT2D eigenvalue weighted by atomic mass is 32.2. The van der Waals surface area contributed by atoms with E-state index in [9.17, 15) is 13.5 Å². The van der Waals surface area contributed by atoms with Crippen LogP contribution in [0.3, 0.4) is 0 Å². The summed E-state index contributed by atoms with van der Waals surface area (Å²) in [5, 5.41) is 17.9. The predicted octanol–water partition coefficient (Wildman–Crippen LogP) is 3.31. The first-order chi connectivity index (χ1) is 18.5. The average molecular weight is 561 g/mol. The van der Waals surface area contributed by atoms with Gasteiger partial charge in [-0.05, 0) is 57.7 Å². The maximum Gasteiger partial charge on any atom is 0.243 e. The van der Waals surface area contributed by atoms with Gasteiger partial charge in [-0.2, -0.15) is 0 Å². The molecule has 2 heterocycles. The molecule has 0 saturated heterocycles. The Kier molecular flexibility index (Phi) is 8.42. The van der Waals surface area contributed by atoms with Gasteiger partial charge in [-0.1, -0.05) is 13.0 Å². The SMILES string of the molecule is CCCO[C@@H](c1ncc(C)cn1)[C@H](C)S(=O)(=O)Nc1nnc(C2CC(C)(O)C2)n1-c1c(OC)cccc1OC. The Balaban J connectivity index is 1.77. The fourth-order valence-corrected chi connectivity index (χ4v) is 5.78. The number of benzene rings is 1. The van der Waals surface area contributed by atoms with Crippen molar-refractivity contribution < 1.29 is 27.7 Å². The van der Waals surface area contributed by atoms with Gasteiger partial charge in [0, 0.05) is 24.9 Å². The predicted molar refractivity (Wildman–Crippen MR) is 145 cm³/mol. The number of para-hydroxylation sites is 1. The van der Waals surface area contributed by atoms with Crippen LogP contribution < -0.4 is 14.2 Å². The molecule has 1 aromatic carbocycles. The van der Waals surface area contributed by atoms with Crippen LogP contribution in [0, 0.1) is 6.92 Å². The maximum atomic E-state index is 13.8. The molecule has 2 aromatic heterocycles. The summed E-state index contributed by atoms with van der Waals surface area (Å²) < 4.78 is 48.9. The van der Waals surface area contributed by atoms with Crippen LogP contribution in [-0.4, -0.2) is 69.9 Å². The summed E-state index contributed by atoms with van der Waals surface area (Å²) in [5.41, 5.74) is 0.460. The Morgan fingerprint density at radius 3 is 2.31 bits per heavy atom. The number of nitrogens with zero attached hydrogens (tertiary/aromatic N) is 5. The van der Waals surface area contributed by atoms with Crippen LogP contribution in [0.1, 0.15) is 69.3 Å². The zero-order valence-corrected chi connectivity index (χ0v) is 23.9. The van der Waals surface area contributed by atoms with Crippen molar-refractivity contribution in [3.63, 3.8) is 0 Å². The number of aryl methyl sites for hydroxylation is 1. The lowest BCUT2D eigenvalue weighted by Gasteiger charge is -2.40. The third kappa shape index (κ3) is 5.99. The third-order valence-corrected chi connectivity index (χ3v) is 8.45. The van der Waals surface area contributed by atoms with Crippen LogP contribution in [0.25, 0.3) is 5.69 Å². The smallest absolute Gasteiger partial charge is 0.243 e. The highest BCUT2D eigenvalue weighted by molar-refractivity contribution is 7.93. The summed E-state index contributed by atoms with van der Waals surface area (Å²) in [5.74, 6) is 1.44. The summed E-state index contributed by atoms with van der Waals surface area (Å²) in [6.45, 7) is 7.42. The number of aliphatic hydroxyl groups is 1. The van der Waals surface area contributed by atoms with Gasteiger partial charge in [0.05, 0.1) is 19.8 Å². The second-order valence-electron chi connectivity index (χ2n) is 10.1. The zero-order valence-electron chi connectivity index (χ0n) is 23.1. The molecule has 2 atom stereocenters. The van der Waals surface area contributed by atoms with Crippen LogP contribution in [0.2, 0.25) is 0 Å². The first-order valence-corrected chi connectivity index (χ1v) is 14.4. The van der Waals surface area contributed by atoms with Gasteiger partial charge in [-0.25, -0.2) is 18.4 Å². The number of aromatic nitrogens is 5. The highest BCUT2D eigenvalue weighted by Gasteiger charge is 2.43. The molecule has 1 aliphatic carbocycles. The number of methoxy groups -OCH3 is 2. The Morgan fingerprint density at radius 2 is 1.77 bits per heavy atom. The molecular formula is C26H36N6O6S. The summed E-state index contributed by atoms with van der Waals surface area (Å²) in [7, 11) is -1.08. The number of nitrogens with one attached hydrogen (secondary N) is 1.